The Bertz CT molecular complexity index is 508. The van der Waals surface area contributed by atoms with Crippen LogP contribution in [-0.4, -0.2) is 182 Å². The van der Waals surface area contributed by atoms with Gasteiger partial charge in [0.1, 0.15) is 0 Å². The molecule has 2 saturated heterocycles. The number of nitrogens with zero attached hydrogens (tertiary/aromatic N) is 4. The molecule has 186 valence electrons. The van der Waals surface area contributed by atoms with Gasteiger partial charge in [0.25, 0.3) is 0 Å². The van der Waals surface area contributed by atoms with Gasteiger partial charge in [-0.15, -0.1) is 0 Å². The van der Waals surface area contributed by atoms with Gasteiger partial charge < -0.3 is 47.7 Å². The molecule has 10 nitrogen and oxygen atoms in total. The first-order valence-electron chi connectivity index (χ1n) is 12.1. The van der Waals surface area contributed by atoms with Crippen molar-refractivity contribution in [3.63, 3.8) is 0 Å². The highest BCUT2D eigenvalue weighted by Gasteiger charge is 2.27. The summed E-state index contributed by atoms with van der Waals surface area (Å²) >= 11 is 0. The molecule has 0 aliphatic carbocycles. The fourth-order valence-electron chi connectivity index (χ4n) is 3.48. The molecule has 2 fully saturated rings. The lowest BCUT2D eigenvalue weighted by atomic mass is 10.0. The van der Waals surface area contributed by atoms with Crippen molar-refractivity contribution >= 4 is 31.9 Å². The Morgan fingerprint density at radius 2 is 0.912 bits per heavy atom. The van der Waals surface area contributed by atoms with Crippen molar-refractivity contribution in [2.45, 2.75) is 12.1 Å². The molecule has 0 amide bonds. The zero-order valence-corrected chi connectivity index (χ0v) is 20.4. The van der Waals surface area contributed by atoms with E-state index in [4.69, 9.17) is 60.3 Å². The second-order valence-corrected chi connectivity index (χ2v) is 8.31. The molecule has 8 radical (unpaired) electrons. The van der Waals surface area contributed by atoms with Gasteiger partial charge >= 0.3 is 0 Å². The van der Waals surface area contributed by atoms with E-state index >= 15 is 0 Å². The topological polar surface area (TPSA) is 68.3 Å². The van der Waals surface area contributed by atoms with Crippen LogP contribution in [-0.2, 0) is 28.4 Å². The highest BCUT2D eigenvalue weighted by Crippen LogP contribution is 2.11. The summed E-state index contributed by atoms with van der Waals surface area (Å²) in [6.45, 7) is 9.18. The first-order chi connectivity index (χ1) is 16.6. The molecule has 0 aromatic rings. The van der Waals surface area contributed by atoms with Crippen molar-refractivity contribution in [1.29, 1.82) is 0 Å². The third kappa shape index (κ3) is 13.8. The van der Waals surface area contributed by atoms with Crippen LogP contribution in [0.2, 0.25) is 0 Å². The smallest absolute Gasteiger partial charge is 0.183 e. The average molecular weight is 474 g/mol. The molecular weight excluding hydrogens is 435 g/mol. The predicted molar refractivity (Wildman–Crippen MR) is 132 cm³/mol. The van der Waals surface area contributed by atoms with Crippen LogP contribution < -0.4 is 0 Å². The molecule has 0 saturated carbocycles. The summed E-state index contributed by atoms with van der Waals surface area (Å²) in [4.78, 5) is 6.77. The van der Waals surface area contributed by atoms with Crippen molar-refractivity contribution < 1.29 is 28.4 Å². The molecule has 0 aromatic heterocycles. The lowest BCUT2D eigenvalue weighted by Crippen LogP contribution is -2.53. The Kier molecular flexibility index (Phi) is 16.8. The van der Waals surface area contributed by atoms with Crippen molar-refractivity contribution in [2.24, 2.45) is 0 Å². The summed E-state index contributed by atoms with van der Waals surface area (Å²) in [7, 11) is 24.6. The highest BCUT2D eigenvalue weighted by atomic mass is 16.5. The van der Waals surface area contributed by atoms with Crippen LogP contribution in [0, 0.1) is 0 Å². The fraction of sp³-hybridized carbons (Fsp3) is 1.00. The van der Waals surface area contributed by atoms with Crippen molar-refractivity contribution in [3.05, 3.63) is 0 Å². The van der Waals surface area contributed by atoms with Crippen LogP contribution in [0.25, 0.3) is 0 Å². The monoisotopic (exact) mass is 474 g/mol. The third-order valence-electron chi connectivity index (χ3n) is 5.60. The molecule has 0 N–H and O–H groups in total. The predicted octanol–water partition coefficient (Wildman–Crippen LogP) is -2.61. The SMILES string of the molecule is [B]N1CCOCCOCCN([B])C(C2CN([B])CCOCCN([B])CCO2)COCCOCC1. The number of hydrogen-bond acceptors (Lipinski definition) is 10. The molecule has 2 unspecified atom stereocenters. The molecule has 2 aliphatic rings. The minimum atomic E-state index is -0.302. The zero-order chi connectivity index (χ0) is 24.4. The molecule has 0 spiro atoms. The van der Waals surface area contributed by atoms with Gasteiger partial charge in [0.15, 0.2) is 31.9 Å². The van der Waals surface area contributed by atoms with E-state index in [1.165, 1.54) is 0 Å². The van der Waals surface area contributed by atoms with Crippen LogP contribution in [0.3, 0.4) is 0 Å². The van der Waals surface area contributed by atoms with Gasteiger partial charge in [0.2, 0.25) is 0 Å². The first kappa shape index (κ1) is 30.1. The Hall–Kier alpha value is -0.140. The lowest BCUT2D eigenvalue weighted by molar-refractivity contribution is -0.0510. The molecule has 0 aromatic carbocycles. The van der Waals surface area contributed by atoms with E-state index in [-0.39, 0.29) is 12.1 Å². The highest BCUT2D eigenvalue weighted by molar-refractivity contribution is 6.05. The molecule has 34 heavy (non-hydrogen) atoms. The largest absolute Gasteiger partial charge is 0.379 e. The maximum Gasteiger partial charge on any atom is 0.183 e. The molecule has 2 heterocycles. The summed E-state index contributed by atoms with van der Waals surface area (Å²) in [5.74, 6) is 0. The summed E-state index contributed by atoms with van der Waals surface area (Å²) in [6.07, 6.45) is -0.302. The van der Waals surface area contributed by atoms with E-state index in [2.05, 4.69) is 0 Å². The molecular formula is C20H38B4N4O6. The molecule has 2 atom stereocenters. The minimum absolute atomic E-state index is 0.251. The van der Waals surface area contributed by atoms with Gasteiger partial charge in [-0.05, 0) is 0 Å². The van der Waals surface area contributed by atoms with Crippen LogP contribution >= 0.6 is 0 Å². The fourth-order valence-corrected chi connectivity index (χ4v) is 3.48. The van der Waals surface area contributed by atoms with Crippen LogP contribution in [0.15, 0.2) is 0 Å². The molecule has 14 heteroatoms. The third-order valence-corrected chi connectivity index (χ3v) is 5.60. The number of ether oxygens (including phenoxy) is 6. The molecule has 2 aliphatic heterocycles. The Morgan fingerprint density at radius 1 is 0.471 bits per heavy atom. The average Bonchev–Trinajstić information content (AvgIpc) is 2.80. The van der Waals surface area contributed by atoms with Crippen LogP contribution in [0.5, 0.6) is 0 Å². The summed E-state index contributed by atoms with van der Waals surface area (Å²) < 4.78 is 34.6. The van der Waals surface area contributed by atoms with Gasteiger partial charge in [-0.3, -0.25) is 0 Å². The summed E-state index contributed by atoms with van der Waals surface area (Å²) in [5.41, 5.74) is 0. The Morgan fingerprint density at radius 3 is 1.50 bits per heavy atom. The van der Waals surface area contributed by atoms with Crippen molar-refractivity contribution in [1.82, 2.24) is 19.2 Å². The summed E-state index contributed by atoms with van der Waals surface area (Å²) in [6, 6.07) is -0.251. The van der Waals surface area contributed by atoms with Crippen LogP contribution in [0.1, 0.15) is 0 Å². The van der Waals surface area contributed by atoms with Gasteiger partial charge in [-0.25, -0.2) is 0 Å². The van der Waals surface area contributed by atoms with E-state index in [0.717, 1.165) is 0 Å². The zero-order valence-electron chi connectivity index (χ0n) is 20.4. The van der Waals surface area contributed by atoms with Crippen LogP contribution in [0.4, 0.5) is 0 Å². The summed E-state index contributed by atoms with van der Waals surface area (Å²) in [5, 5.41) is 0. The van der Waals surface area contributed by atoms with E-state index in [1.807, 2.05) is 0 Å². The maximum absolute atomic E-state index is 6.46. The molecule has 0 bridgehead atoms. The molecule has 2 rings (SSSR count). The van der Waals surface area contributed by atoms with E-state index in [1.54, 1.807) is 19.2 Å². The standard InChI is InChI=1S/C20H38B4N4O6/c21-25-2-8-30-13-14-32-11-6-28(24)19(18-33-16-15-31-9-3-25)20-17-27(23)4-10-29-7-1-26(22)5-12-34-20/h19-20H,1-18H2. The van der Waals surface area contributed by atoms with Crippen molar-refractivity contribution in [3.8, 4) is 0 Å². The second-order valence-electron chi connectivity index (χ2n) is 8.31. The van der Waals surface area contributed by atoms with Gasteiger partial charge in [-0.1, -0.05) is 0 Å². The quantitative estimate of drug-likeness (QED) is 0.379. The van der Waals surface area contributed by atoms with E-state index in [9.17, 15) is 0 Å². The number of hydrogen-bond donors (Lipinski definition) is 0. The minimum Gasteiger partial charge on any atom is -0.379 e. The van der Waals surface area contributed by atoms with E-state index < -0.39 is 0 Å². The Balaban J connectivity index is 1.97. The Labute approximate surface area is 210 Å². The van der Waals surface area contributed by atoms with E-state index in [0.29, 0.717) is 118 Å². The van der Waals surface area contributed by atoms with Gasteiger partial charge in [0, 0.05) is 51.9 Å². The second kappa shape index (κ2) is 19.0. The number of rotatable bonds is 1. The van der Waals surface area contributed by atoms with Gasteiger partial charge in [0.05, 0.1) is 78.8 Å². The van der Waals surface area contributed by atoms with Gasteiger partial charge in [-0.2, -0.15) is 0 Å². The first-order valence-corrected chi connectivity index (χ1v) is 12.1. The maximum atomic E-state index is 6.46. The van der Waals surface area contributed by atoms with Crippen molar-refractivity contribution in [2.75, 3.05) is 118 Å². The normalized spacial score (nSPS) is 29.9. The lowest BCUT2D eigenvalue weighted by Gasteiger charge is -2.37.